The fourth-order valence-electron chi connectivity index (χ4n) is 2.50. The molecule has 2 rings (SSSR count). The van der Waals surface area contributed by atoms with Crippen molar-refractivity contribution in [3.05, 3.63) is 48.6 Å². The van der Waals surface area contributed by atoms with Gasteiger partial charge in [-0.15, -0.1) is 0 Å². The largest absolute Gasteiger partial charge is 0.290 e. The summed E-state index contributed by atoms with van der Waals surface area (Å²) in [6, 6.07) is 0. The lowest BCUT2D eigenvalue weighted by atomic mass is 9.93. The molecule has 2 aliphatic rings. The van der Waals surface area contributed by atoms with E-state index in [9.17, 15) is 4.79 Å². The van der Waals surface area contributed by atoms with Gasteiger partial charge >= 0.3 is 0 Å². The third-order valence-electron chi connectivity index (χ3n) is 3.68. The van der Waals surface area contributed by atoms with Gasteiger partial charge < -0.3 is 0 Å². The number of carbonyl (C=O) groups excluding carboxylic acids is 1. The highest BCUT2D eigenvalue weighted by Crippen LogP contribution is 2.20. The Morgan fingerprint density at radius 3 is 1.72 bits per heavy atom. The number of ketones is 1. The van der Waals surface area contributed by atoms with Crippen molar-refractivity contribution in [2.45, 2.75) is 38.5 Å². The normalized spacial score (nSPS) is 28.2. The summed E-state index contributed by atoms with van der Waals surface area (Å²) in [5.74, 6) is 1.26. The Bertz CT molecular complexity index is 348. The first-order valence-corrected chi connectivity index (χ1v) is 7.05. The van der Waals surface area contributed by atoms with Crippen LogP contribution in [0.25, 0.3) is 0 Å². The van der Waals surface area contributed by atoms with Gasteiger partial charge in [0.2, 0.25) is 0 Å². The van der Waals surface area contributed by atoms with Crippen molar-refractivity contribution in [3.8, 4) is 0 Å². The molecule has 0 heterocycles. The second kappa shape index (κ2) is 7.15. The van der Waals surface area contributed by atoms with Gasteiger partial charge in [0.1, 0.15) is 0 Å². The van der Waals surface area contributed by atoms with E-state index < -0.39 is 0 Å². The predicted molar refractivity (Wildman–Crippen MR) is 76.2 cm³/mol. The van der Waals surface area contributed by atoms with Crippen molar-refractivity contribution < 1.29 is 4.79 Å². The number of rotatable bonds is 4. The van der Waals surface area contributed by atoms with Crippen LogP contribution in [0.3, 0.4) is 0 Å². The van der Waals surface area contributed by atoms with Crippen LogP contribution in [0.4, 0.5) is 0 Å². The van der Waals surface area contributed by atoms with Gasteiger partial charge in [-0.2, -0.15) is 0 Å². The molecule has 0 saturated carbocycles. The molecule has 0 bridgehead atoms. The van der Waals surface area contributed by atoms with E-state index in [1.807, 2.05) is 0 Å². The van der Waals surface area contributed by atoms with E-state index in [1.165, 1.54) is 12.8 Å². The molecule has 1 heteroatoms. The smallest absolute Gasteiger partial charge is 0.178 e. The van der Waals surface area contributed by atoms with E-state index in [0.29, 0.717) is 11.8 Å². The maximum atomic E-state index is 11.7. The molecule has 0 spiro atoms. The molecule has 1 nitrogen and oxygen atoms in total. The van der Waals surface area contributed by atoms with E-state index in [0.717, 1.165) is 25.7 Å². The van der Waals surface area contributed by atoms with Crippen LogP contribution in [0.15, 0.2) is 48.6 Å². The van der Waals surface area contributed by atoms with E-state index in [-0.39, 0.29) is 5.78 Å². The minimum atomic E-state index is 0.138. The minimum absolute atomic E-state index is 0.138. The van der Waals surface area contributed by atoms with Crippen LogP contribution in [0, 0.1) is 11.8 Å². The molecule has 0 aliphatic heterocycles. The van der Waals surface area contributed by atoms with Crippen LogP contribution >= 0.6 is 0 Å². The second-order valence-electron chi connectivity index (χ2n) is 5.21. The van der Waals surface area contributed by atoms with E-state index in [1.54, 1.807) is 12.2 Å². The molecule has 2 aliphatic carbocycles. The van der Waals surface area contributed by atoms with Crippen LogP contribution in [0.2, 0.25) is 0 Å². The summed E-state index contributed by atoms with van der Waals surface area (Å²) in [6.07, 6.45) is 23.4. The lowest BCUT2D eigenvalue weighted by Gasteiger charge is -2.13. The molecule has 2 atom stereocenters. The molecule has 0 fully saturated rings. The fraction of sp³-hybridized carbons (Fsp3) is 0.471. The van der Waals surface area contributed by atoms with Gasteiger partial charge in [-0.1, -0.05) is 36.5 Å². The van der Waals surface area contributed by atoms with E-state index in [4.69, 9.17) is 0 Å². The van der Waals surface area contributed by atoms with Gasteiger partial charge in [0.05, 0.1) is 0 Å². The van der Waals surface area contributed by atoms with Crippen molar-refractivity contribution >= 4 is 5.78 Å². The van der Waals surface area contributed by atoms with Gasteiger partial charge in [-0.05, 0) is 62.5 Å². The van der Waals surface area contributed by atoms with Gasteiger partial charge in [-0.25, -0.2) is 0 Å². The summed E-state index contributed by atoms with van der Waals surface area (Å²) in [5, 5.41) is 0. The molecular weight excluding hydrogens is 220 g/mol. The predicted octanol–water partition coefficient (Wildman–Crippen LogP) is 4.38. The summed E-state index contributed by atoms with van der Waals surface area (Å²) in [4.78, 5) is 11.7. The third-order valence-corrected chi connectivity index (χ3v) is 3.68. The highest BCUT2D eigenvalue weighted by Gasteiger charge is 2.07. The maximum Gasteiger partial charge on any atom is 0.178 e. The SMILES string of the molecule is O=C(C=CC1CC=CCC1)C=CC1CC=CCC1. The van der Waals surface area contributed by atoms with Gasteiger partial charge in [-0.3, -0.25) is 4.79 Å². The number of allylic oxidation sites excluding steroid dienone is 8. The molecule has 2 unspecified atom stereocenters. The Hall–Kier alpha value is -1.37. The Kier molecular flexibility index (Phi) is 5.19. The zero-order chi connectivity index (χ0) is 12.6. The van der Waals surface area contributed by atoms with Crippen molar-refractivity contribution in [1.82, 2.24) is 0 Å². The first kappa shape index (κ1) is 13.1. The molecule has 0 N–H and O–H groups in total. The van der Waals surface area contributed by atoms with E-state index >= 15 is 0 Å². The molecule has 0 radical (unpaired) electrons. The molecule has 0 aromatic heterocycles. The first-order chi connectivity index (χ1) is 8.84. The summed E-state index contributed by atoms with van der Waals surface area (Å²) in [6.45, 7) is 0. The van der Waals surface area contributed by atoms with Crippen molar-refractivity contribution in [2.24, 2.45) is 11.8 Å². The molecule has 0 amide bonds. The summed E-state index contributed by atoms with van der Waals surface area (Å²) in [5.41, 5.74) is 0. The average Bonchev–Trinajstić information content (AvgIpc) is 2.45. The molecule has 0 aromatic carbocycles. The highest BCUT2D eigenvalue weighted by molar-refractivity contribution is 5.99. The molecule has 96 valence electrons. The van der Waals surface area contributed by atoms with Gasteiger partial charge in [0.25, 0.3) is 0 Å². The molecular formula is C17H22O. The van der Waals surface area contributed by atoms with Gasteiger partial charge in [0.15, 0.2) is 5.78 Å². The van der Waals surface area contributed by atoms with Crippen molar-refractivity contribution in [2.75, 3.05) is 0 Å². The third kappa shape index (κ3) is 4.48. The fourth-order valence-corrected chi connectivity index (χ4v) is 2.50. The monoisotopic (exact) mass is 242 g/mol. The molecule has 0 aromatic rings. The van der Waals surface area contributed by atoms with Crippen LogP contribution < -0.4 is 0 Å². The Morgan fingerprint density at radius 1 is 0.833 bits per heavy atom. The van der Waals surface area contributed by atoms with E-state index in [2.05, 4.69) is 36.5 Å². The van der Waals surface area contributed by atoms with Crippen molar-refractivity contribution in [1.29, 1.82) is 0 Å². The van der Waals surface area contributed by atoms with Crippen LogP contribution in [-0.4, -0.2) is 5.78 Å². The first-order valence-electron chi connectivity index (χ1n) is 7.05. The van der Waals surface area contributed by atoms with Crippen molar-refractivity contribution in [3.63, 3.8) is 0 Å². The standard InChI is InChI=1S/C17H22O/c18-17(13-11-15-7-3-1-4-8-15)14-12-16-9-5-2-6-10-16/h1-3,5,11-16H,4,6-10H2. The van der Waals surface area contributed by atoms with Crippen LogP contribution in [0.5, 0.6) is 0 Å². The number of hydrogen-bond donors (Lipinski definition) is 0. The average molecular weight is 242 g/mol. The lowest BCUT2D eigenvalue weighted by molar-refractivity contribution is -0.110. The van der Waals surface area contributed by atoms with Crippen LogP contribution in [-0.2, 0) is 4.79 Å². The Balaban J connectivity index is 1.77. The van der Waals surface area contributed by atoms with Crippen LogP contribution in [0.1, 0.15) is 38.5 Å². The molecule has 0 saturated heterocycles. The maximum absolute atomic E-state index is 11.7. The Morgan fingerprint density at radius 2 is 1.33 bits per heavy atom. The number of carbonyl (C=O) groups is 1. The lowest BCUT2D eigenvalue weighted by Crippen LogP contribution is -2.01. The Labute approximate surface area is 110 Å². The zero-order valence-electron chi connectivity index (χ0n) is 10.9. The zero-order valence-corrected chi connectivity index (χ0v) is 10.9. The second-order valence-corrected chi connectivity index (χ2v) is 5.21. The minimum Gasteiger partial charge on any atom is -0.290 e. The summed E-state index contributed by atoms with van der Waals surface area (Å²) < 4.78 is 0. The summed E-state index contributed by atoms with van der Waals surface area (Å²) in [7, 11) is 0. The highest BCUT2D eigenvalue weighted by atomic mass is 16.1. The summed E-state index contributed by atoms with van der Waals surface area (Å²) >= 11 is 0. The number of hydrogen-bond acceptors (Lipinski definition) is 1. The van der Waals surface area contributed by atoms with Gasteiger partial charge in [0, 0.05) is 0 Å². The quantitative estimate of drug-likeness (QED) is 0.528. The molecule has 18 heavy (non-hydrogen) atoms. The topological polar surface area (TPSA) is 17.1 Å².